The Morgan fingerprint density at radius 3 is 2.97 bits per heavy atom. The van der Waals surface area contributed by atoms with Crippen molar-refractivity contribution in [2.75, 3.05) is 13.2 Å². The Balaban J connectivity index is 1.23. The molecule has 0 bridgehead atoms. The minimum Gasteiger partial charge on any atom is -0.491 e. The smallest absolute Gasteiger partial charge is 0.236 e. The third-order valence-corrected chi connectivity index (χ3v) is 5.31. The van der Waals surface area contributed by atoms with Crippen LogP contribution in [0.5, 0.6) is 5.75 Å². The van der Waals surface area contributed by atoms with Crippen LogP contribution in [0.4, 0.5) is 0 Å². The number of aryl methyl sites for hydroxylation is 1. The minimum atomic E-state index is -0.0778. The van der Waals surface area contributed by atoms with Gasteiger partial charge in [0.1, 0.15) is 17.0 Å². The molecule has 1 aromatic carbocycles. The summed E-state index contributed by atoms with van der Waals surface area (Å²) in [5.41, 5.74) is 1.52. The minimum absolute atomic E-state index is 0.0778. The van der Waals surface area contributed by atoms with Gasteiger partial charge in [-0.2, -0.15) is 0 Å². The number of hydrogen-bond donors (Lipinski definition) is 1. The Morgan fingerprint density at radius 2 is 2.10 bits per heavy atom. The fourth-order valence-corrected chi connectivity index (χ4v) is 3.64. The molecule has 0 unspecified atom stereocenters. The molecule has 4 rings (SSSR count). The first-order valence-corrected chi connectivity index (χ1v) is 10.3. The van der Waals surface area contributed by atoms with Gasteiger partial charge in [-0.25, -0.2) is 4.98 Å². The van der Waals surface area contributed by atoms with E-state index in [1.54, 1.807) is 17.5 Å². The average Bonchev–Trinajstić information content (AvgIpc) is 3.38. The molecule has 7 heteroatoms. The van der Waals surface area contributed by atoms with Crippen LogP contribution < -0.4 is 10.1 Å². The normalized spacial score (nSPS) is 10.9. The van der Waals surface area contributed by atoms with Gasteiger partial charge < -0.3 is 14.5 Å². The van der Waals surface area contributed by atoms with Crippen LogP contribution in [0.1, 0.15) is 17.9 Å². The van der Waals surface area contributed by atoms with Crippen LogP contribution in [0.2, 0.25) is 0 Å². The zero-order chi connectivity index (χ0) is 20.1. The third kappa shape index (κ3) is 4.63. The number of fused-ring (bicyclic) bond motifs is 1. The first-order chi connectivity index (χ1) is 14.2. The van der Waals surface area contributed by atoms with Crippen molar-refractivity contribution < 1.29 is 13.9 Å². The van der Waals surface area contributed by atoms with Crippen LogP contribution in [0.25, 0.3) is 21.7 Å². The van der Waals surface area contributed by atoms with Crippen LogP contribution in [0.15, 0.2) is 58.5 Å². The molecule has 3 heterocycles. The van der Waals surface area contributed by atoms with Crippen LogP contribution in [-0.4, -0.2) is 29.0 Å². The molecule has 148 valence electrons. The second-order valence-corrected chi connectivity index (χ2v) is 7.51. The van der Waals surface area contributed by atoms with Gasteiger partial charge in [-0.05, 0) is 36.9 Å². The number of rotatable bonds is 8. The van der Waals surface area contributed by atoms with Gasteiger partial charge in [0, 0.05) is 18.1 Å². The lowest BCUT2D eigenvalue weighted by molar-refractivity contribution is -0.120. The molecule has 0 aliphatic heterocycles. The van der Waals surface area contributed by atoms with Crippen LogP contribution in [-0.2, 0) is 11.2 Å². The fraction of sp³-hybridized carbons (Fsp3) is 0.227. The van der Waals surface area contributed by atoms with Gasteiger partial charge in [0.25, 0.3) is 0 Å². The lowest BCUT2D eigenvalue weighted by Gasteiger charge is -2.09. The summed E-state index contributed by atoms with van der Waals surface area (Å²) in [5, 5.41) is 5.93. The molecular formula is C22H21N3O3S. The quantitative estimate of drug-likeness (QED) is 0.439. The molecule has 0 fully saturated rings. The van der Waals surface area contributed by atoms with Crippen molar-refractivity contribution in [1.29, 1.82) is 0 Å². The van der Waals surface area contributed by atoms with E-state index in [9.17, 15) is 4.79 Å². The van der Waals surface area contributed by atoms with E-state index in [1.807, 2.05) is 54.8 Å². The lowest BCUT2D eigenvalue weighted by Crippen LogP contribution is -2.27. The molecule has 29 heavy (non-hydrogen) atoms. The second kappa shape index (κ2) is 8.87. The number of thiophene rings is 1. The number of oxazole rings is 1. The van der Waals surface area contributed by atoms with E-state index in [2.05, 4.69) is 15.3 Å². The number of para-hydroxylation sites is 1. The molecular weight excluding hydrogens is 386 g/mol. The summed E-state index contributed by atoms with van der Waals surface area (Å²) in [6, 6.07) is 13.7. The van der Waals surface area contributed by atoms with E-state index < -0.39 is 0 Å². The maximum atomic E-state index is 12.2. The maximum absolute atomic E-state index is 12.2. The van der Waals surface area contributed by atoms with Crippen LogP contribution in [0.3, 0.4) is 0 Å². The maximum Gasteiger partial charge on any atom is 0.236 e. The van der Waals surface area contributed by atoms with Crippen LogP contribution >= 0.6 is 11.3 Å². The summed E-state index contributed by atoms with van der Waals surface area (Å²) >= 11 is 1.56. The summed E-state index contributed by atoms with van der Waals surface area (Å²) < 4.78 is 11.5. The van der Waals surface area contributed by atoms with Gasteiger partial charge in [-0.1, -0.05) is 24.3 Å². The number of ether oxygens (including phenoxy) is 1. The van der Waals surface area contributed by atoms with E-state index >= 15 is 0 Å². The summed E-state index contributed by atoms with van der Waals surface area (Å²) in [6.45, 7) is 2.87. The number of nitrogens with zero attached hydrogens (tertiary/aromatic N) is 2. The number of carbonyl (C=O) groups is 1. The zero-order valence-corrected chi connectivity index (χ0v) is 16.9. The number of carbonyl (C=O) groups excluding carboxylic acids is 1. The number of amides is 1. The molecule has 0 radical (unpaired) electrons. The third-order valence-electron chi connectivity index (χ3n) is 4.45. The van der Waals surface area contributed by atoms with E-state index in [0.29, 0.717) is 36.9 Å². The van der Waals surface area contributed by atoms with Crippen molar-refractivity contribution >= 4 is 28.1 Å². The van der Waals surface area contributed by atoms with Crippen molar-refractivity contribution in [3.8, 4) is 16.5 Å². The lowest BCUT2D eigenvalue weighted by atomic mass is 10.2. The number of nitrogens with one attached hydrogen (secondary N) is 1. The first-order valence-electron chi connectivity index (χ1n) is 9.44. The van der Waals surface area contributed by atoms with Gasteiger partial charge in [-0.3, -0.25) is 9.78 Å². The van der Waals surface area contributed by atoms with Gasteiger partial charge in [0.05, 0.1) is 23.6 Å². The Morgan fingerprint density at radius 1 is 1.21 bits per heavy atom. The zero-order valence-electron chi connectivity index (χ0n) is 16.1. The highest BCUT2D eigenvalue weighted by Crippen LogP contribution is 2.26. The van der Waals surface area contributed by atoms with Crippen molar-refractivity contribution in [2.24, 2.45) is 0 Å². The molecule has 4 aromatic rings. The Labute approximate surface area is 172 Å². The van der Waals surface area contributed by atoms with Gasteiger partial charge >= 0.3 is 0 Å². The monoisotopic (exact) mass is 407 g/mol. The SMILES string of the molecule is Cc1oc(-c2cccs2)nc1CC(=O)NCCCOc1cccc2cccnc12. The summed E-state index contributed by atoms with van der Waals surface area (Å²) in [7, 11) is 0. The summed E-state index contributed by atoms with van der Waals surface area (Å²) in [6.07, 6.45) is 2.66. The standard InChI is InChI=1S/C22H21N3O3S/c1-15-17(25-22(28-15)19-9-4-13-29-19)14-20(26)23-11-5-12-27-18-8-2-6-16-7-3-10-24-21(16)18/h2-4,6-10,13H,5,11-12,14H2,1H3,(H,23,26). The highest BCUT2D eigenvalue weighted by atomic mass is 32.1. The largest absolute Gasteiger partial charge is 0.491 e. The summed E-state index contributed by atoms with van der Waals surface area (Å²) in [5.74, 6) is 1.92. The number of hydrogen-bond acceptors (Lipinski definition) is 6. The first kappa shape index (κ1) is 19.1. The Hall–Kier alpha value is -3.19. The Kier molecular flexibility index (Phi) is 5.86. The van der Waals surface area contributed by atoms with Gasteiger partial charge in [0.2, 0.25) is 11.8 Å². The molecule has 0 atom stereocenters. The molecule has 0 aliphatic carbocycles. The number of benzene rings is 1. The van der Waals surface area contributed by atoms with Crippen LogP contribution in [0, 0.1) is 6.92 Å². The van der Waals surface area contributed by atoms with E-state index in [1.165, 1.54) is 0 Å². The second-order valence-electron chi connectivity index (χ2n) is 6.56. The molecule has 0 aliphatic rings. The van der Waals surface area contributed by atoms with Crippen molar-refractivity contribution in [3.05, 3.63) is 65.5 Å². The van der Waals surface area contributed by atoms with Gasteiger partial charge in [-0.15, -0.1) is 11.3 Å². The molecule has 6 nitrogen and oxygen atoms in total. The molecule has 1 N–H and O–H groups in total. The van der Waals surface area contributed by atoms with Gasteiger partial charge in [0.15, 0.2) is 0 Å². The number of pyridine rings is 1. The Bertz CT molecular complexity index is 1100. The molecule has 0 saturated carbocycles. The van der Waals surface area contributed by atoms with Crippen molar-refractivity contribution in [2.45, 2.75) is 19.8 Å². The highest BCUT2D eigenvalue weighted by molar-refractivity contribution is 7.13. The number of aromatic nitrogens is 2. The predicted molar refractivity (Wildman–Crippen MR) is 113 cm³/mol. The average molecular weight is 407 g/mol. The van der Waals surface area contributed by atoms with E-state index in [4.69, 9.17) is 9.15 Å². The molecule has 0 saturated heterocycles. The van der Waals surface area contributed by atoms with E-state index in [0.717, 1.165) is 21.5 Å². The summed E-state index contributed by atoms with van der Waals surface area (Å²) in [4.78, 5) is 22.0. The van der Waals surface area contributed by atoms with Crippen molar-refractivity contribution in [3.63, 3.8) is 0 Å². The van der Waals surface area contributed by atoms with E-state index in [-0.39, 0.29) is 12.3 Å². The topological polar surface area (TPSA) is 77.2 Å². The van der Waals surface area contributed by atoms with Crippen molar-refractivity contribution in [1.82, 2.24) is 15.3 Å². The molecule has 0 spiro atoms. The highest BCUT2D eigenvalue weighted by Gasteiger charge is 2.15. The fourth-order valence-electron chi connectivity index (χ4n) is 2.99. The predicted octanol–water partition coefficient (Wildman–Crippen LogP) is 4.39. The molecule has 3 aromatic heterocycles. The molecule has 1 amide bonds.